The first-order valence-electron chi connectivity index (χ1n) is 9.62. The number of aliphatic hydroxyl groups is 1. The van der Waals surface area contributed by atoms with Crippen molar-refractivity contribution in [2.75, 3.05) is 13.7 Å². The van der Waals surface area contributed by atoms with Crippen molar-refractivity contribution >= 4 is 16.8 Å². The first-order valence-corrected chi connectivity index (χ1v) is 9.62. The summed E-state index contributed by atoms with van der Waals surface area (Å²) < 4.78 is 5.27. The smallest absolute Gasteiger partial charge is 0.253 e. The van der Waals surface area contributed by atoms with E-state index in [1.54, 1.807) is 19.5 Å². The van der Waals surface area contributed by atoms with E-state index in [0.717, 1.165) is 27.6 Å². The van der Waals surface area contributed by atoms with Gasteiger partial charge < -0.3 is 15.2 Å². The minimum Gasteiger partial charge on any atom is -0.497 e. The van der Waals surface area contributed by atoms with Gasteiger partial charge in [-0.05, 0) is 47.9 Å². The topological polar surface area (TPSA) is 100 Å². The highest BCUT2D eigenvalue weighted by molar-refractivity contribution is 5.98. The highest BCUT2D eigenvalue weighted by atomic mass is 16.5. The number of aromatic amines is 1. The minimum atomic E-state index is -0.342. The summed E-state index contributed by atoms with van der Waals surface area (Å²) in [6, 6.07) is 14.8. The molecule has 0 spiro atoms. The fourth-order valence-electron chi connectivity index (χ4n) is 3.40. The van der Waals surface area contributed by atoms with Crippen molar-refractivity contribution in [2.45, 2.75) is 12.5 Å². The van der Waals surface area contributed by atoms with E-state index in [4.69, 9.17) is 4.74 Å². The van der Waals surface area contributed by atoms with Crippen LogP contribution in [0.4, 0.5) is 0 Å². The molecule has 0 aliphatic rings. The van der Waals surface area contributed by atoms with Gasteiger partial charge in [0.15, 0.2) is 0 Å². The van der Waals surface area contributed by atoms with Gasteiger partial charge in [-0.2, -0.15) is 5.10 Å². The predicted octanol–water partition coefficient (Wildman–Crippen LogP) is 3.49. The summed E-state index contributed by atoms with van der Waals surface area (Å²) in [5, 5.41) is 20.1. The lowest BCUT2D eigenvalue weighted by Gasteiger charge is -2.19. The van der Waals surface area contributed by atoms with Crippen LogP contribution in [0.5, 0.6) is 5.75 Å². The second kappa shape index (κ2) is 8.75. The number of pyridine rings is 1. The lowest BCUT2D eigenvalue weighted by Crippen LogP contribution is -2.29. The maximum Gasteiger partial charge on any atom is 0.253 e. The Bertz CT molecular complexity index is 1160. The highest BCUT2D eigenvalue weighted by Crippen LogP contribution is 2.25. The lowest BCUT2D eigenvalue weighted by molar-refractivity contribution is 0.0929. The van der Waals surface area contributed by atoms with Gasteiger partial charge in [0.05, 0.1) is 30.4 Å². The molecule has 0 aliphatic carbocycles. The van der Waals surface area contributed by atoms with Gasteiger partial charge in [0.1, 0.15) is 5.75 Å². The number of rotatable bonds is 7. The molecular formula is C23H22N4O3. The lowest BCUT2D eigenvalue weighted by atomic mass is 10.0. The van der Waals surface area contributed by atoms with Crippen molar-refractivity contribution < 1.29 is 14.6 Å². The molecule has 1 unspecified atom stereocenters. The molecular weight excluding hydrogens is 380 g/mol. The van der Waals surface area contributed by atoms with E-state index in [1.807, 2.05) is 54.7 Å². The Hall–Kier alpha value is -3.71. The van der Waals surface area contributed by atoms with E-state index in [-0.39, 0.29) is 18.6 Å². The second-order valence-corrected chi connectivity index (χ2v) is 6.93. The number of nitrogens with zero attached hydrogens (tertiary/aromatic N) is 2. The van der Waals surface area contributed by atoms with Gasteiger partial charge in [-0.3, -0.25) is 14.9 Å². The third-order valence-electron chi connectivity index (χ3n) is 4.99. The summed E-state index contributed by atoms with van der Waals surface area (Å²) >= 11 is 0. The maximum atomic E-state index is 12.9. The number of hydrogen-bond acceptors (Lipinski definition) is 5. The molecule has 7 heteroatoms. The van der Waals surface area contributed by atoms with Gasteiger partial charge in [-0.25, -0.2) is 0 Å². The van der Waals surface area contributed by atoms with Gasteiger partial charge in [-0.15, -0.1) is 0 Å². The molecule has 0 bridgehead atoms. The van der Waals surface area contributed by atoms with E-state index >= 15 is 0 Å². The Morgan fingerprint density at radius 2 is 2.07 bits per heavy atom. The van der Waals surface area contributed by atoms with Crippen LogP contribution in [0.3, 0.4) is 0 Å². The van der Waals surface area contributed by atoms with Crippen molar-refractivity contribution in [1.82, 2.24) is 20.5 Å². The van der Waals surface area contributed by atoms with Crippen molar-refractivity contribution in [1.29, 1.82) is 0 Å². The zero-order valence-corrected chi connectivity index (χ0v) is 16.5. The van der Waals surface area contributed by atoms with E-state index in [1.165, 1.54) is 0 Å². The number of aliphatic hydroxyl groups excluding tert-OH is 1. The Balaban J connectivity index is 1.60. The predicted molar refractivity (Wildman–Crippen MR) is 114 cm³/mol. The second-order valence-electron chi connectivity index (χ2n) is 6.93. The van der Waals surface area contributed by atoms with Crippen molar-refractivity contribution in [3.05, 3.63) is 78.2 Å². The average Bonchev–Trinajstić information content (AvgIpc) is 3.33. The normalized spacial score (nSPS) is 11.9. The SMILES string of the molecule is COc1cccc(C(CCO)NC(=O)c2cnc3ccc(-c4cn[nH]c4)cc3c2)c1. The molecule has 0 aliphatic heterocycles. The monoisotopic (exact) mass is 402 g/mol. The molecule has 30 heavy (non-hydrogen) atoms. The summed E-state index contributed by atoms with van der Waals surface area (Å²) in [5.74, 6) is 0.447. The molecule has 152 valence electrons. The van der Waals surface area contributed by atoms with E-state index in [2.05, 4.69) is 20.5 Å². The van der Waals surface area contributed by atoms with Gasteiger partial charge in [0, 0.05) is 30.0 Å². The van der Waals surface area contributed by atoms with Crippen LogP contribution in [0.25, 0.3) is 22.0 Å². The molecule has 0 saturated carbocycles. The van der Waals surface area contributed by atoms with Gasteiger partial charge in [-0.1, -0.05) is 18.2 Å². The number of methoxy groups -OCH3 is 1. The largest absolute Gasteiger partial charge is 0.497 e. The third-order valence-corrected chi connectivity index (χ3v) is 4.99. The van der Waals surface area contributed by atoms with Crippen LogP contribution >= 0.6 is 0 Å². The van der Waals surface area contributed by atoms with Crippen molar-refractivity contribution in [3.8, 4) is 16.9 Å². The minimum absolute atomic E-state index is 0.0494. The number of hydrogen-bond donors (Lipinski definition) is 3. The molecule has 4 rings (SSSR count). The molecule has 2 aromatic heterocycles. The molecule has 7 nitrogen and oxygen atoms in total. The Morgan fingerprint density at radius 3 is 2.83 bits per heavy atom. The number of ether oxygens (including phenoxy) is 1. The first kappa shape index (κ1) is 19.6. The van der Waals surface area contributed by atoms with Crippen molar-refractivity contribution in [3.63, 3.8) is 0 Å². The molecule has 4 aromatic rings. The Kier molecular flexibility index (Phi) is 5.72. The molecule has 2 heterocycles. The number of carbonyl (C=O) groups is 1. The van der Waals surface area contributed by atoms with Gasteiger partial charge in [0.2, 0.25) is 0 Å². The quantitative estimate of drug-likeness (QED) is 0.439. The van der Waals surface area contributed by atoms with Crippen LogP contribution in [0.2, 0.25) is 0 Å². The zero-order chi connectivity index (χ0) is 20.9. The van der Waals surface area contributed by atoms with Gasteiger partial charge in [0.25, 0.3) is 5.91 Å². The molecule has 0 radical (unpaired) electrons. The molecule has 2 aromatic carbocycles. The number of benzene rings is 2. The number of nitrogens with one attached hydrogen (secondary N) is 2. The maximum absolute atomic E-state index is 12.9. The number of carbonyl (C=O) groups excluding carboxylic acids is 1. The highest BCUT2D eigenvalue weighted by Gasteiger charge is 2.17. The summed E-state index contributed by atoms with van der Waals surface area (Å²) in [4.78, 5) is 17.4. The average molecular weight is 402 g/mol. The van der Waals surface area contributed by atoms with Crippen LogP contribution in [-0.4, -0.2) is 39.9 Å². The van der Waals surface area contributed by atoms with E-state index < -0.39 is 0 Å². The molecule has 1 amide bonds. The van der Waals surface area contributed by atoms with Gasteiger partial charge >= 0.3 is 0 Å². The fraction of sp³-hybridized carbons (Fsp3) is 0.174. The molecule has 3 N–H and O–H groups in total. The molecule has 1 atom stereocenters. The van der Waals surface area contributed by atoms with Crippen molar-refractivity contribution in [2.24, 2.45) is 0 Å². The number of fused-ring (bicyclic) bond motifs is 1. The van der Waals surface area contributed by atoms with E-state index in [0.29, 0.717) is 17.7 Å². The van der Waals surface area contributed by atoms with Crippen LogP contribution in [-0.2, 0) is 0 Å². The third kappa shape index (κ3) is 4.16. The summed E-state index contributed by atoms with van der Waals surface area (Å²) in [6.45, 7) is -0.0494. The summed E-state index contributed by atoms with van der Waals surface area (Å²) in [5.41, 5.74) is 4.09. The Labute approximate surface area is 173 Å². The Morgan fingerprint density at radius 1 is 1.17 bits per heavy atom. The number of aromatic nitrogens is 3. The number of H-pyrrole nitrogens is 1. The van der Waals surface area contributed by atoms with E-state index in [9.17, 15) is 9.90 Å². The van der Waals surface area contributed by atoms with Crippen LogP contribution in [0, 0.1) is 0 Å². The van der Waals surface area contributed by atoms with Crippen LogP contribution in [0.15, 0.2) is 67.1 Å². The summed E-state index contributed by atoms with van der Waals surface area (Å²) in [6.07, 6.45) is 5.53. The fourth-order valence-corrected chi connectivity index (χ4v) is 3.40. The number of amides is 1. The molecule has 0 fully saturated rings. The molecule has 0 saturated heterocycles. The first-order chi connectivity index (χ1) is 14.7. The zero-order valence-electron chi connectivity index (χ0n) is 16.5. The standard InChI is InChI=1S/C23H22N4O3/c1-30-20-4-2-3-16(11-20)22(7-8-28)27-23(29)18-10-17-9-15(19-13-25-26-14-19)5-6-21(17)24-12-18/h2-6,9-14,22,28H,7-8H2,1H3,(H,25,26)(H,27,29). The van der Waals surface area contributed by atoms with Crippen LogP contribution in [0.1, 0.15) is 28.4 Å². The summed E-state index contributed by atoms with van der Waals surface area (Å²) in [7, 11) is 1.59. The van der Waals surface area contributed by atoms with Crippen LogP contribution < -0.4 is 10.1 Å².